The van der Waals surface area contributed by atoms with Crippen molar-refractivity contribution in [2.45, 2.75) is 39.2 Å². The van der Waals surface area contributed by atoms with E-state index < -0.39 is 5.60 Å². The Bertz CT molecular complexity index is 583. The third-order valence-electron chi connectivity index (χ3n) is 4.10. The maximum Gasteiger partial charge on any atom is 0.410 e. The molecule has 0 unspecified atom stereocenters. The van der Waals surface area contributed by atoms with Crippen LogP contribution in [0.2, 0.25) is 0 Å². The Morgan fingerprint density at radius 3 is 2.46 bits per heavy atom. The van der Waals surface area contributed by atoms with Crippen molar-refractivity contribution in [3.05, 3.63) is 18.0 Å². The van der Waals surface area contributed by atoms with Gasteiger partial charge in [0, 0.05) is 39.9 Å². The molecule has 0 atom stereocenters. The molecule has 2 amide bonds. The molecule has 0 aliphatic carbocycles. The van der Waals surface area contributed by atoms with E-state index in [1.807, 2.05) is 27.8 Å². The third kappa shape index (κ3) is 4.97. The molecule has 1 aliphatic rings. The molecule has 2 rings (SSSR count). The van der Waals surface area contributed by atoms with Gasteiger partial charge in [-0.2, -0.15) is 5.10 Å². The number of hydrogen-bond donors (Lipinski definition) is 0. The summed E-state index contributed by atoms with van der Waals surface area (Å²) in [4.78, 5) is 27.9. The van der Waals surface area contributed by atoms with Crippen LogP contribution in [0, 0.1) is 5.92 Å². The molecule has 1 aromatic heterocycles. The van der Waals surface area contributed by atoms with Crippen LogP contribution in [0.3, 0.4) is 0 Å². The molecule has 1 aliphatic heterocycles. The van der Waals surface area contributed by atoms with Gasteiger partial charge in [-0.1, -0.05) is 0 Å². The van der Waals surface area contributed by atoms with E-state index in [1.165, 1.54) is 0 Å². The maximum atomic E-state index is 12.3. The molecule has 0 saturated carbocycles. The van der Waals surface area contributed by atoms with Gasteiger partial charge in [0.15, 0.2) is 0 Å². The largest absolute Gasteiger partial charge is 0.444 e. The van der Waals surface area contributed by atoms with Crippen molar-refractivity contribution in [3.8, 4) is 0 Å². The van der Waals surface area contributed by atoms with E-state index in [1.54, 1.807) is 33.9 Å². The highest BCUT2D eigenvalue weighted by atomic mass is 16.6. The molecular weight excluding hydrogens is 308 g/mol. The van der Waals surface area contributed by atoms with Crippen LogP contribution in [0.1, 0.15) is 44.0 Å². The first-order chi connectivity index (χ1) is 11.2. The Balaban J connectivity index is 1.80. The summed E-state index contributed by atoms with van der Waals surface area (Å²) < 4.78 is 7.03. The molecular formula is C17H28N4O3. The molecule has 7 heteroatoms. The van der Waals surface area contributed by atoms with Crippen LogP contribution < -0.4 is 0 Å². The highest BCUT2D eigenvalue weighted by Gasteiger charge is 2.28. The van der Waals surface area contributed by atoms with Crippen LogP contribution in [0.4, 0.5) is 4.79 Å². The number of ether oxygens (including phenoxy) is 1. The quantitative estimate of drug-likeness (QED) is 0.848. The standard InChI is InChI=1S/C17H28N4O3/c1-17(2,3)24-16(23)21-8-6-13(7-9-21)11-19(4)15(22)14-10-18-20(5)12-14/h10,12-13H,6-9,11H2,1-5H3. The second-order valence-corrected chi connectivity index (χ2v) is 7.50. The number of hydrogen-bond acceptors (Lipinski definition) is 4. The predicted molar refractivity (Wildman–Crippen MR) is 90.7 cm³/mol. The molecule has 0 bridgehead atoms. The van der Waals surface area contributed by atoms with Crippen LogP contribution in [0.15, 0.2) is 12.4 Å². The van der Waals surface area contributed by atoms with E-state index in [0.29, 0.717) is 31.1 Å². The van der Waals surface area contributed by atoms with Gasteiger partial charge in [-0.3, -0.25) is 9.48 Å². The lowest BCUT2D eigenvalue weighted by molar-refractivity contribution is 0.0171. The number of carbonyl (C=O) groups excluding carboxylic acids is 2. The Hall–Kier alpha value is -2.05. The van der Waals surface area contributed by atoms with Gasteiger partial charge in [-0.15, -0.1) is 0 Å². The van der Waals surface area contributed by atoms with Crippen LogP contribution >= 0.6 is 0 Å². The first-order valence-corrected chi connectivity index (χ1v) is 8.38. The normalized spacial score (nSPS) is 16.1. The minimum atomic E-state index is -0.468. The monoisotopic (exact) mass is 336 g/mol. The van der Waals surface area contributed by atoms with E-state index in [9.17, 15) is 9.59 Å². The lowest BCUT2D eigenvalue weighted by Crippen LogP contribution is -2.44. The number of likely N-dealkylation sites (tertiary alicyclic amines) is 1. The van der Waals surface area contributed by atoms with Gasteiger partial charge in [0.1, 0.15) is 5.60 Å². The Morgan fingerprint density at radius 1 is 1.33 bits per heavy atom. The summed E-state index contributed by atoms with van der Waals surface area (Å²) >= 11 is 0. The average molecular weight is 336 g/mol. The van der Waals surface area contributed by atoms with E-state index in [0.717, 1.165) is 12.8 Å². The molecule has 24 heavy (non-hydrogen) atoms. The van der Waals surface area contributed by atoms with Crippen LogP contribution in [-0.4, -0.2) is 63.9 Å². The number of piperidine rings is 1. The van der Waals surface area contributed by atoms with Gasteiger partial charge in [0.2, 0.25) is 0 Å². The summed E-state index contributed by atoms with van der Waals surface area (Å²) in [7, 11) is 3.61. The lowest BCUT2D eigenvalue weighted by Gasteiger charge is -2.34. The third-order valence-corrected chi connectivity index (χ3v) is 4.10. The van der Waals surface area contributed by atoms with Gasteiger partial charge in [-0.05, 0) is 39.5 Å². The fraction of sp³-hybridized carbons (Fsp3) is 0.706. The Morgan fingerprint density at radius 2 is 1.96 bits per heavy atom. The van der Waals surface area contributed by atoms with E-state index >= 15 is 0 Å². The fourth-order valence-electron chi connectivity index (χ4n) is 2.85. The van der Waals surface area contributed by atoms with Crippen LogP contribution in [-0.2, 0) is 11.8 Å². The summed E-state index contributed by atoms with van der Waals surface area (Å²) in [5.74, 6) is 0.381. The zero-order valence-corrected chi connectivity index (χ0v) is 15.3. The van der Waals surface area contributed by atoms with Crippen molar-refractivity contribution in [1.29, 1.82) is 0 Å². The molecule has 0 spiro atoms. The van der Waals surface area contributed by atoms with E-state index in [-0.39, 0.29) is 12.0 Å². The molecule has 134 valence electrons. The summed E-state index contributed by atoms with van der Waals surface area (Å²) in [5.41, 5.74) is 0.135. The molecule has 0 aromatic carbocycles. The number of aryl methyl sites for hydroxylation is 1. The van der Waals surface area contributed by atoms with E-state index in [2.05, 4.69) is 5.10 Å². The number of carbonyl (C=O) groups is 2. The molecule has 7 nitrogen and oxygen atoms in total. The minimum absolute atomic E-state index is 0.0160. The lowest BCUT2D eigenvalue weighted by atomic mass is 9.96. The molecule has 1 aromatic rings. The van der Waals surface area contributed by atoms with Gasteiger partial charge < -0.3 is 14.5 Å². The van der Waals surface area contributed by atoms with Gasteiger partial charge in [0.25, 0.3) is 5.91 Å². The summed E-state index contributed by atoms with van der Waals surface area (Å²) in [6.45, 7) is 7.66. The van der Waals surface area contributed by atoms with Crippen molar-refractivity contribution in [1.82, 2.24) is 19.6 Å². The molecule has 1 saturated heterocycles. The van der Waals surface area contributed by atoms with Crippen LogP contribution in [0.25, 0.3) is 0 Å². The second kappa shape index (κ2) is 7.23. The smallest absolute Gasteiger partial charge is 0.410 e. The van der Waals surface area contributed by atoms with Gasteiger partial charge in [-0.25, -0.2) is 4.79 Å². The fourth-order valence-corrected chi connectivity index (χ4v) is 2.85. The molecule has 0 radical (unpaired) electrons. The molecule has 2 heterocycles. The van der Waals surface area contributed by atoms with E-state index in [4.69, 9.17) is 4.74 Å². The van der Waals surface area contributed by atoms with Crippen molar-refractivity contribution in [3.63, 3.8) is 0 Å². The topological polar surface area (TPSA) is 67.7 Å². The van der Waals surface area contributed by atoms with Gasteiger partial charge in [0.05, 0.1) is 11.8 Å². The minimum Gasteiger partial charge on any atom is -0.444 e. The van der Waals surface area contributed by atoms with Gasteiger partial charge >= 0.3 is 6.09 Å². The highest BCUT2D eigenvalue weighted by molar-refractivity contribution is 5.93. The predicted octanol–water partition coefficient (Wildman–Crippen LogP) is 2.14. The van der Waals surface area contributed by atoms with Crippen LogP contribution in [0.5, 0.6) is 0 Å². The first kappa shape index (κ1) is 18.3. The SMILES string of the molecule is CN(CC1CCN(C(=O)OC(C)(C)C)CC1)C(=O)c1cnn(C)c1. The Kier molecular flexibility index (Phi) is 5.51. The highest BCUT2D eigenvalue weighted by Crippen LogP contribution is 2.21. The van der Waals surface area contributed by atoms with Crippen molar-refractivity contribution < 1.29 is 14.3 Å². The summed E-state index contributed by atoms with van der Waals surface area (Å²) in [6, 6.07) is 0. The molecule has 0 N–H and O–H groups in total. The Labute approximate surface area is 143 Å². The average Bonchev–Trinajstić information content (AvgIpc) is 2.92. The maximum absolute atomic E-state index is 12.3. The number of rotatable bonds is 3. The zero-order valence-electron chi connectivity index (χ0n) is 15.3. The zero-order chi connectivity index (χ0) is 17.9. The number of nitrogens with zero attached hydrogens (tertiary/aromatic N) is 4. The first-order valence-electron chi connectivity index (χ1n) is 8.38. The molecule has 1 fully saturated rings. The number of amides is 2. The summed E-state index contributed by atoms with van der Waals surface area (Å²) in [6.07, 6.45) is 4.82. The second-order valence-electron chi connectivity index (χ2n) is 7.50. The van der Waals surface area contributed by atoms with Crippen molar-refractivity contribution >= 4 is 12.0 Å². The van der Waals surface area contributed by atoms with Crippen molar-refractivity contribution in [2.24, 2.45) is 13.0 Å². The summed E-state index contributed by atoms with van der Waals surface area (Å²) in [5, 5.41) is 4.04. The number of aromatic nitrogens is 2. The van der Waals surface area contributed by atoms with Crippen molar-refractivity contribution in [2.75, 3.05) is 26.7 Å².